The second kappa shape index (κ2) is 8.58. The molecule has 118 valence electrons. The predicted molar refractivity (Wildman–Crippen MR) is 92.9 cm³/mol. The Kier molecular flexibility index (Phi) is 6.76. The smallest absolute Gasteiger partial charge is 0.00258 e. The van der Waals surface area contributed by atoms with Crippen LogP contribution in [0.5, 0.6) is 0 Å². The molecule has 1 aromatic carbocycles. The first-order valence-corrected chi connectivity index (χ1v) is 8.96. The fraction of sp³-hybridized carbons (Fsp3) is 0.700. The van der Waals surface area contributed by atoms with Gasteiger partial charge in [-0.2, -0.15) is 0 Å². The summed E-state index contributed by atoms with van der Waals surface area (Å²) in [5.74, 6) is 1.58. The highest BCUT2D eigenvalue weighted by molar-refractivity contribution is 5.33. The van der Waals surface area contributed by atoms with Crippen molar-refractivity contribution < 1.29 is 0 Å². The highest BCUT2D eigenvalue weighted by atomic mass is 14.8. The van der Waals surface area contributed by atoms with Gasteiger partial charge in [-0.1, -0.05) is 39.0 Å². The Morgan fingerprint density at radius 3 is 2.52 bits per heavy atom. The van der Waals surface area contributed by atoms with Crippen molar-refractivity contribution >= 4 is 0 Å². The molecule has 21 heavy (non-hydrogen) atoms. The average Bonchev–Trinajstić information content (AvgIpc) is 2.49. The largest absolute Gasteiger partial charge is 0.316 e. The van der Waals surface area contributed by atoms with Gasteiger partial charge in [0.1, 0.15) is 0 Å². The van der Waals surface area contributed by atoms with Crippen molar-refractivity contribution in [3.05, 3.63) is 34.9 Å². The van der Waals surface area contributed by atoms with Gasteiger partial charge in [-0.25, -0.2) is 0 Å². The van der Waals surface area contributed by atoms with E-state index in [2.05, 4.69) is 44.3 Å². The van der Waals surface area contributed by atoms with E-state index in [1.807, 2.05) is 0 Å². The second-order valence-electron chi connectivity index (χ2n) is 7.34. The SMILES string of the molecule is CC(C)CNCCC(C)CCc1ccc2c(c1)CCCC2. The number of benzene rings is 1. The van der Waals surface area contributed by atoms with Crippen molar-refractivity contribution in [1.82, 2.24) is 5.32 Å². The molecule has 0 saturated heterocycles. The minimum Gasteiger partial charge on any atom is -0.316 e. The van der Waals surface area contributed by atoms with Crippen LogP contribution in [0.25, 0.3) is 0 Å². The van der Waals surface area contributed by atoms with Gasteiger partial charge in [0.25, 0.3) is 0 Å². The van der Waals surface area contributed by atoms with Gasteiger partial charge in [0, 0.05) is 0 Å². The third kappa shape index (κ3) is 5.82. The van der Waals surface area contributed by atoms with Crippen LogP contribution in [-0.2, 0) is 19.3 Å². The highest BCUT2D eigenvalue weighted by Gasteiger charge is 2.10. The molecule has 0 saturated carbocycles. The summed E-state index contributed by atoms with van der Waals surface area (Å²) in [5, 5.41) is 3.55. The van der Waals surface area contributed by atoms with Crippen molar-refractivity contribution in [2.75, 3.05) is 13.1 Å². The summed E-state index contributed by atoms with van der Waals surface area (Å²) in [7, 11) is 0. The quantitative estimate of drug-likeness (QED) is 0.679. The molecule has 0 aliphatic heterocycles. The Hall–Kier alpha value is -0.820. The molecule has 0 radical (unpaired) electrons. The maximum Gasteiger partial charge on any atom is -0.00258 e. The van der Waals surface area contributed by atoms with Crippen molar-refractivity contribution in [2.45, 2.75) is 65.7 Å². The fourth-order valence-corrected chi connectivity index (χ4v) is 3.24. The highest BCUT2D eigenvalue weighted by Crippen LogP contribution is 2.23. The van der Waals surface area contributed by atoms with Crippen LogP contribution in [0.1, 0.15) is 63.1 Å². The van der Waals surface area contributed by atoms with Crippen LogP contribution >= 0.6 is 0 Å². The topological polar surface area (TPSA) is 12.0 Å². The summed E-state index contributed by atoms with van der Waals surface area (Å²) in [6, 6.07) is 7.24. The molecule has 0 spiro atoms. The summed E-state index contributed by atoms with van der Waals surface area (Å²) < 4.78 is 0. The van der Waals surface area contributed by atoms with Crippen LogP contribution in [0.3, 0.4) is 0 Å². The van der Waals surface area contributed by atoms with Crippen molar-refractivity contribution in [3.63, 3.8) is 0 Å². The Bertz CT molecular complexity index is 422. The van der Waals surface area contributed by atoms with Gasteiger partial charge in [0.2, 0.25) is 0 Å². The van der Waals surface area contributed by atoms with E-state index < -0.39 is 0 Å². The number of hydrogen-bond donors (Lipinski definition) is 1. The zero-order chi connectivity index (χ0) is 15.1. The van der Waals surface area contributed by atoms with E-state index in [0.29, 0.717) is 0 Å². The van der Waals surface area contributed by atoms with Crippen LogP contribution in [0.4, 0.5) is 0 Å². The van der Waals surface area contributed by atoms with E-state index in [1.54, 1.807) is 16.7 Å². The lowest BCUT2D eigenvalue weighted by Gasteiger charge is -2.17. The molecule has 1 heteroatoms. The second-order valence-corrected chi connectivity index (χ2v) is 7.34. The number of rotatable bonds is 8. The molecule has 0 aromatic heterocycles. The molecule has 1 aliphatic rings. The molecule has 0 fully saturated rings. The lowest BCUT2D eigenvalue weighted by atomic mass is 9.89. The summed E-state index contributed by atoms with van der Waals surface area (Å²) in [4.78, 5) is 0. The minimum atomic E-state index is 0.760. The summed E-state index contributed by atoms with van der Waals surface area (Å²) in [6.07, 6.45) is 9.24. The van der Waals surface area contributed by atoms with E-state index in [4.69, 9.17) is 0 Å². The van der Waals surface area contributed by atoms with E-state index in [1.165, 1.54) is 51.5 Å². The lowest BCUT2D eigenvalue weighted by molar-refractivity contribution is 0.454. The van der Waals surface area contributed by atoms with Gasteiger partial charge < -0.3 is 5.32 Å². The summed E-state index contributed by atoms with van der Waals surface area (Å²) in [6.45, 7) is 9.26. The number of hydrogen-bond acceptors (Lipinski definition) is 1. The van der Waals surface area contributed by atoms with Crippen LogP contribution in [-0.4, -0.2) is 13.1 Å². The van der Waals surface area contributed by atoms with E-state index in [9.17, 15) is 0 Å². The summed E-state index contributed by atoms with van der Waals surface area (Å²) >= 11 is 0. The number of fused-ring (bicyclic) bond motifs is 1. The maximum atomic E-state index is 3.55. The first kappa shape index (κ1) is 16.5. The monoisotopic (exact) mass is 287 g/mol. The Labute approximate surface area is 131 Å². The van der Waals surface area contributed by atoms with Crippen molar-refractivity contribution in [2.24, 2.45) is 11.8 Å². The van der Waals surface area contributed by atoms with Crippen LogP contribution in [0, 0.1) is 11.8 Å². The Morgan fingerprint density at radius 2 is 1.76 bits per heavy atom. The van der Waals surface area contributed by atoms with Crippen LogP contribution in [0.15, 0.2) is 18.2 Å². The minimum absolute atomic E-state index is 0.760. The fourth-order valence-electron chi connectivity index (χ4n) is 3.24. The van der Waals surface area contributed by atoms with Gasteiger partial charge in [-0.05, 0) is 86.6 Å². The van der Waals surface area contributed by atoms with E-state index >= 15 is 0 Å². The third-order valence-electron chi connectivity index (χ3n) is 4.71. The lowest BCUT2D eigenvalue weighted by Crippen LogP contribution is -2.22. The normalized spacial score (nSPS) is 16.0. The van der Waals surface area contributed by atoms with Crippen molar-refractivity contribution in [3.8, 4) is 0 Å². The molecule has 1 aliphatic carbocycles. The third-order valence-corrected chi connectivity index (χ3v) is 4.71. The zero-order valence-corrected chi connectivity index (χ0v) is 14.3. The van der Waals surface area contributed by atoms with Crippen molar-refractivity contribution in [1.29, 1.82) is 0 Å². The molecule has 1 aromatic rings. The molecule has 2 rings (SSSR count). The molecule has 0 bridgehead atoms. The molecular formula is C20H33N. The maximum absolute atomic E-state index is 3.55. The molecule has 1 nitrogen and oxygen atoms in total. The first-order chi connectivity index (χ1) is 10.1. The van der Waals surface area contributed by atoms with Crippen LogP contribution in [0.2, 0.25) is 0 Å². The summed E-state index contributed by atoms with van der Waals surface area (Å²) in [5.41, 5.74) is 4.79. The molecule has 0 heterocycles. The average molecular weight is 287 g/mol. The predicted octanol–water partition coefficient (Wildman–Crippen LogP) is 4.77. The molecule has 0 amide bonds. The van der Waals surface area contributed by atoms with Gasteiger partial charge >= 0.3 is 0 Å². The first-order valence-electron chi connectivity index (χ1n) is 8.96. The molecule has 1 atom stereocenters. The molecule has 1 unspecified atom stereocenters. The van der Waals surface area contributed by atoms with E-state index in [-0.39, 0.29) is 0 Å². The van der Waals surface area contributed by atoms with Gasteiger partial charge in [-0.15, -0.1) is 0 Å². The van der Waals surface area contributed by atoms with Gasteiger partial charge in [0.05, 0.1) is 0 Å². The zero-order valence-electron chi connectivity index (χ0n) is 14.3. The Balaban J connectivity index is 1.70. The van der Waals surface area contributed by atoms with E-state index in [0.717, 1.165) is 18.4 Å². The van der Waals surface area contributed by atoms with Gasteiger partial charge in [-0.3, -0.25) is 0 Å². The Morgan fingerprint density at radius 1 is 1.00 bits per heavy atom. The molecule has 1 N–H and O–H groups in total. The van der Waals surface area contributed by atoms with Crippen LogP contribution < -0.4 is 5.32 Å². The molecular weight excluding hydrogens is 254 g/mol. The number of nitrogens with one attached hydrogen (secondary N) is 1. The van der Waals surface area contributed by atoms with Gasteiger partial charge in [0.15, 0.2) is 0 Å². The standard InChI is InChI=1S/C20H33N/c1-16(2)15-21-13-12-17(3)8-9-18-10-11-19-6-4-5-7-20(19)14-18/h10-11,14,16-17,21H,4-9,12-13,15H2,1-3H3. The number of aryl methyl sites for hydroxylation is 3.